The molecule has 3 atom stereocenters. The number of ether oxygens (including phenoxy) is 1. The zero-order chi connectivity index (χ0) is 14.8. The van der Waals surface area contributed by atoms with Crippen molar-refractivity contribution in [3.05, 3.63) is 0 Å². The molecular weight excluding hydrogens is 270 g/mol. The highest BCUT2D eigenvalue weighted by Gasteiger charge is 2.38. The highest BCUT2D eigenvalue weighted by atomic mass is 16.5. The monoisotopic (exact) mass is 297 g/mol. The maximum absolute atomic E-state index is 11.6. The lowest BCUT2D eigenvalue weighted by Gasteiger charge is -2.32. The molecule has 3 aliphatic rings. The number of nitrogens with one attached hydrogen (secondary N) is 2. The quantitative estimate of drug-likeness (QED) is 0.627. The van der Waals surface area contributed by atoms with Crippen molar-refractivity contribution >= 4 is 5.91 Å². The van der Waals surface area contributed by atoms with Crippen molar-refractivity contribution in [1.29, 1.82) is 0 Å². The molecule has 2 heterocycles. The molecule has 3 rings (SSSR count). The van der Waals surface area contributed by atoms with Gasteiger partial charge in [0.2, 0.25) is 5.91 Å². The molecule has 3 fully saturated rings. The Labute approximate surface area is 126 Å². The Morgan fingerprint density at radius 3 is 2.67 bits per heavy atom. The van der Waals surface area contributed by atoms with E-state index in [1.54, 1.807) is 0 Å². The van der Waals surface area contributed by atoms with Gasteiger partial charge in [-0.1, -0.05) is 0 Å². The maximum Gasteiger partial charge on any atom is 0.223 e. The highest BCUT2D eigenvalue weighted by Crippen LogP contribution is 2.28. The lowest BCUT2D eigenvalue weighted by Crippen LogP contribution is -2.51. The van der Waals surface area contributed by atoms with Crippen LogP contribution < -0.4 is 10.6 Å². The third-order valence-electron chi connectivity index (χ3n) is 4.88. The van der Waals surface area contributed by atoms with E-state index >= 15 is 0 Å². The van der Waals surface area contributed by atoms with E-state index in [-0.39, 0.29) is 24.0 Å². The molecule has 2 aliphatic heterocycles. The number of carbonyl (C=O) groups is 1. The Kier molecular flexibility index (Phi) is 4.78. The standard InChI is InChI=1S/C15H27N3O3/c1-18-6-4-11(5-7-18)17-12-9-21-13(14(12)19)8-16-15(20)10-2-3-10/h10-14,17,19H,2-9H2,1H3,(H,16,20)/t12-,13-,14+/m1/s1. The molecule has 2 saturated heterocycles. The van der Waals surface area contributed by atoms with Crippen LogP contribution in [0.1, 0.15) is 25.7 Å². The second kappa shape index (κ2) is 6.60. The first-order valence-corrected chi connectivity index (χ1v) is 8.15. The molecule has 0 radical (unpaired) electrons. The first-order chi connectivity index (χ1) is 10.1. The fourth-order valence-electron chi connectivity index (χ4n) is 3.18. The van der Waals surface area contributed by atoms with Gasteiger partial charge >= 0.3 is 0 Å². The third-order valence-corrected chi connectivity index (χ3v) is 4.88. The van der Waals surface area contributed by atoms with E-state index in [0.717, 1.165) is 38.8 Å². The van der Waals surface area contributed by atoms with Gasteiger partial charge in [0.25, 0.3) is 0 Å². The van der Waals surface area contributed by atoms with Crippen LogP contribution in [0.25, 0.3) is 0 Å². The van der Waals surface area contributed by atoms with E-state index in [2.05, 4.69) is 22.6 Å². The highest BCUT2D eigenvalue weighted by molar-refractivity contribution is 5.80. The summed E-state index contributed by atoms with van der Waals surface area (Å²) >= 11 is 0. The Morgan fingerprint density at radius 1 is 1.29 bits per heavy atom. The van der Waals surface area contributed by atoms with Gasteiger partial charge in [-0.25, -0.2) is 0 Å². The molecule has 6 heteroatoms. The summed E-state index contributed by atoms with van der Waals surface area (Å²) in [6.45, 7) is 3.14. The molecule has 0 aromatic carbocycles. The van der Waals surface area contributed by atoms with Crippen molar-refractivity contribution < 1.29 is 14.6 Å². The van der Waals surface area contributed by atoms with Crippen LogP contribution >= 0.6 is 0 Å². The largest absolute Gasteiger partial charge is 0.389 e. The van der Waals surface area contributed by atoms with Crippen molar-refractivity contribution in [3.63, 3.8) is 0 Å². The molecular formula is C15H27N3O3. The number of piperidine rings is 1. The molecule has 3 N–H and O–H groups in total. The number of hydrogen-bond acceptors (Lipinski definition) is 5. The minimum atomic E-state index is -0.538. The molecule has 0 bridgehead atoms. The summed E-state index contributed by atoms with van der Waals surface area (Å²) in [7, 11) is 2.14. The van der Waals surface area contributed by atoms with E-state index in [0.29, 0.717) is 19.2 Å². The van der Waals surface area contributed by atoms with E-state index in [1.807, 2.05) is 0 Å². The van der Waals surface area contributed by atoms with Crippen LogP contribution in [-0.4, -0.2) is 73.5 Å². The summed E-state index contributed by atoms with van der Waals surface area (Å²) in [5, 5.41) is 16.8. The van der Waals surface area contributed by atoms with Gasteiger partial charge < -0.3 is 25.4 Å². The Balaban J connectivity index is 1.40. The second-order valence-corrected chi connectivity index (χ2v) is 6.73. The zero-order valence-corrected chi connectivity index (χ0v) is 12.8. The molecule has 0 unspecified atom stereocenters. The van der Waals surface area contributed by atoms with Crippen molar-refractivity contribution in [1.82, 2.24) is 15.5 Å². The molecule has 0 aromatic heterocycles. The zero-order valence-electron chi connectivity index (χ0n) is 12.8. The molecule has 120 valence electrons. The number of carbonyl (C=O) groups excluding carboxylic acids is 1. The Bertz CT molecular complexity index is 367. The van der Waals surface area contributed by atoms with Gasteiger partial charge in [0.1, 0.15) is 6.10 Å². The number of amides is 1. The SMILES string of the molecule is CN1CCC(N[C@@H]2CO[C@H](CNC(=O)C3CC3)[C@H]2O)CC1. The average Bonchev–Trinajstić information content (AvgIpc) is 3.27. The molecule has 1 saturated carbocycles. The topological polar surface area (TPSA) is 73.8 Å². The van der Waals surface area contributed by atoms with Gasteiger partial charge in [-0.15, -0.1) is 0 Å². The molecule has 21 heavy (non-hydrogen) atoms. The van der Waals surface area contributed by atoms with Gasteiger partial charge in [0.05, 0.1) is 18.8 Å². The third kappa shape index (κ3) is 3.94. The summed E-state index contributed by atoms with van der Waals surface area (Å²) < 4.78 is 5.65. The molecule has 0 aromatic rings. The number of aliphatic hydroxyl groups is 1. The van der Waals surface area contributed by atoms with Crippen LogP contribution in [-0.2, 0) is 9.53 Å². The molecule has 1 amide bonds. The molecule has 6 nitrogen and oxygen atoms in total. The molecule has 1 aliphatic carbocycles. The van der Waals surface area contributed by atoms with Crippen LogP contribution in [0.2, 0.25) is 0 Å². The predicted molar refractivity (Wildman–Crippen MR) is 78.9 cm³/mol. The van der Waals surface area contributed by atoms with Crippen LogP contribution in [0.3, 0.4) is 0 Å². The second-order valence-electron chi connectivity index (χ2n) is 6.73. The first-order valence-electron chi connectivity index (χ1n) is 8.15. The van der Waals surface area contributed by atoms with E-state index in [1.165, 1.54) is 0 Å². The fourth-order valence-corrected chi connectivity index (χ4v) is 3.18. The number of hydrogen-bond donors (Lipinski definition) is 3. The number of aliphatic hydroxyl groups excluding tert-OH is 1. The van der Waals surface area contributed by atoms with Crippen LogP contribution in [0.5, 0.6) is 0 Å². The van der Waals surface area contributed by atoms with Gasteiger partial charge in [0, 0.05) is 18.5 Å². The number of nitrogens with zero attached hydrogens (tertiary/aromatic N) is 1. The van der Waals surface area contributed by atoms with E-state index in [9.17, 15) is 9.90 Å². The van der Waals surface area contributed by atoms with Gasteiger partial charge in [-0.05, 0) is 45.8 Å². The van der Waals surface area contributed by atoms with E-state index < -0.39 is 6.10 Å². The lowest BCUT2D eigenvalue weighted by molar-refractivity contribution is -0.123. The molecule has 0 spiro atoms. The first kappa shape index (κ1) is 15.2. The smallest absolute Gasteiger partial charge is 0.223 e. The average molecular weight is 297 g/mol. The summed E-state index contributed by atoms with van der Waals surface area (Å²) in [5.74, 6) is 0.314. The fraction of sp³-hybridized carbons (Fsp3) is 0.933. The summed E-state index contributed by atoms with van der Waals surface area (Å²) in [4.78, 5) is 14.0. The maximum atomic E-state index is 11.6. The summed E-state index contributed by atoms with van der Waals surface area (Å²) in [6, 6.07) is 0.450. The number of rotatable bonds is 5. The normalized spacial score (nSPS) is 35.0. The minimum absolute atomic E-state index is 0.0127. The minimum Gasteiger partial charge on any atom is -0.389 e. The Morgan fingerprint density at radius 2 is 2.00 bits per heavy atom. The van der Waals surface area contributed by atoms with Gasteiger partial charge in [0.15, 0.2) is 0 Å². The van der Waals surface area contributed by atoms with Crippen LogP contribution in [0.4, 0.5) is 0 Å². The van der Waals surface area contributed by atoms with Crippen molar-refractivity contribution in [2.45, 2.75) is 50.0 Å². The summed E-state index contributed by atoms with van der Waals surface area (Å²) in [6.07, 6.45) is 3.41. The predicted octanol–water partition coefficient (Wildman–Crippen LogP) is -0.675. The van der Waals surface area contributed by atoms with Gasteiger partial charge in [-0.3, -0.25) is 4.79 Å². The van der Waals surface area contributed by atoms with E-state index in [4.69, 9.17) is 4.74 Å². The van der Waals surface area contributed by atoms with Crippen LogP contribution in [0.15, 0.2) is 0 Å². The van der Waals surface area contributed by atoms with Gasteiger partial charge in [-0.2, -0.15) is 0 Å². The number of likely N-dealkylation sites (tertiary alicyclic amines) is 1. The summed E-state index contributed by atoms with van der Waals surface area (Å²) in [5.41, 5.74) is 0. The lowest BCUT2D eigenvalue weighted by atomic mass is 10.0. The van der Waals surface area contributed by atoms with Crippen molar-refractivity contribution in [2.75, 3.05) is 33.3 Å². The van der Waals surface area contributed by atoms with Crippen LogP contribution in [0, 0.1) is 5.92 Å². The van der Waals surface area contributed by atoms with Crippen molar-refractivity contribution in [2.24, 2.45) is 5.92 Å². The Hall–Kier alpha value is -0.690. The van der Waals surface area contributed by atoms with Crippen molar-refractivity contribution in [3.8, 4) is 0 Å².